The van der Waals surface area contributed by atoms with Gasteiger partial charge in [-0.25, -0.2) is 13.4 Å². The van der Waals surface area contributed by atoms with E-state index in [1.165, 1.54) is 7.11 Å². The van der Waals surface area contributed by atoms with Gasteiger partial charge in [0, 0.05) is 16.6 Å². The number of methoxy groups -OCH3 is 1. The molecule has 1 saturated heterocycles. The van der Waals surface area contributed by atoms with Crippen molar-refractivity contribution in [3.63, 3.8) is 0 Å². The summed E-state index contributed by atoms with van der Waals surface area (Å²) in [6.07, 6.45) is 3.10. The van der Waals surface area contributed by atoms with Gasteiger partial charge in [-0.05, 0) is 44.9 Å². The zero-order valence-corrected chi connectivity index (χ0v) is 14.9. The molecule has 0 bridgehead atoms. The second kappa shape index (κ2) is 6.64. The Balaban J connectivity index is 2.32. The highest BCUT2D eigenvalue weighted by Crippen LogP contribution is 2.28. The molecule has 1 aromatic carbocycles. The van der Waals surface area contributed by atoms with Crippen LogP contribution in [0.25, 0.3) is 0 Å². The molecular weight excluding hydrogens is 356 g/mol. The summed E-state index contributed by atoms with van der Waals surface area (Å²) in [6, 6.07) is 5.31. The highest BCUT2D eigenvalue weighted by atomic mass is 79.9. The summed E-state index contributed by atoms with van der Waals surface area (Å²) < 4.78 is 31.2. The van der Waals surface area contributed by atoms with Crippen molar-refractivity contribution >= 4 is 26.0 Å². The lowest BCUT2D eigenvalue weighted by molar-refractivity contribution is 0.0789. The molecule has 0 saturated carbocycles. The molecule has 7 heteroatoms. The largest absolute Gasteiger partial charge is 0.495 e. The first-order valence-electron chi connectivity index (χ1n) is 6.99. The topological polar surface area (TPSA) is 58.6 Å². The Kier molecular flexibility index (Phi) is 5.29. The van der Waals surface area contributed by atoms with E-state index in [4.69, 9.17) is 4.74 Å². The normalized spacial score (nSPS) is 24.0. The average molecular weight is 377 g/mol. The minimum atomic E-state index is -3.67. The molecule has 0 radical (unpaired) electrons. The van der Waals surface area contributed by atoms with E-state index in [0.29, 0.717) is 10.2 Å². The first kappa shape index (κ1) is 16.7. The molecule has 5 nitrogen and oxygen atoms in total. The van der Waals surface area contributed by atoms with Gasteiger partial charge in [-0.3, -0.25) is 0 Å². The number of nitrogens with one attached hydrogen (secondary N) is 1. The molecule has 1 heterocycles. The van der Waals surface area contributed by atoms with Crippen molar-refractivity contribution in [2.24, 2.45) is 0 Å². The van der Waals surface area contributed by atoms with E-state index in [2.05, 4.69) is 20.8 Å². The molecule has 2 rings (SSSR count). The van der Waals surface area contributed by atoms with Crippen molar-refractivity contribution in [1.29, 1.82) is 0 Å². The molecule has 1 aliphatic heterocycles. The first-order valence-corrected chi connectivity index (χ1v) is 9.27. The number of hydrogen-bond acceptors (Lipinski definition) is 4. The number of hydrazine groups is 1. The SMILES string of the molecule is COc1ccc(Br)cc1S(=O)(=O)NN1C(C)CCCC1C. The third-order valence-electron chi connectivity index (χ3n) is 3.83. The van der Waals surface area contributed by atoms with Gasteiger partial charge in [0.15, 0.2) is 0 Å². The van der Waals surface area contributed by atoms with E-state index in [1.54, 1.807) is 18.2 Å². The van der Waals surface area contributed by atoms with Crippen molar-refractivity contribution < 1.29 is 13.2 Å². The summed E-state index contributed by atoms with van der Waals surface area (Å²) >= 11 is 3.31. The third-order valence-corrected chi connectivity index (χ3v) is 5.68. The monoisotopic (exact) mass is 376 g/mol. The molecule has 2 atom stereocenters. The lowest BCUT2D eigenvalue weighted by atomic mass is 10.0. The summed E-state index contributed by atoms with van der Waals surface area (Å²) in [6.45, 7) is 4.08. The Hall–Kier alpha value is -0.630. The van der Waals surface area contributed by atoms with Gasteiger partial charge in [0.05, 0.1) is 7.11 Å². The van der Waals surface area contributed by atoms with Gasteiger partial charge in [0.25, 0.3) is 10.0 Å². The van der Waals surface area contributed by atoms with E-state index in [0.717, 1.165) is 19.3 Å². The molecule has 0 spiro atoms. The predicted molar refractivity (Wildman–Crippen MR) is 85.6 cm³/mol. The summed E-state index contributed by atoms with van der Waals surface area (Å²) in [4.78, 5) is 2.86. The van der Waals surface area contributed by atoms with Gasteiger partial charge >= 0.3 is 0 Å². The van der Waals surface area contributed by atoms with Gasteiger partial charge in [-0.2, -0.15) is 0 Å². The number of nitrogens with zero attached hydrogens (tertiary/aromatic N) is 1. The number of piperidine rings is 1. The van der Waals surface area contributed by atoms with Crippen LogP contribution in [0.4, 0.5) is 0 Å². The number of benzene rings is 1. The van der Waals surface area contributed by atoms with Gasteiger partial charge in [0.2, 0.25) is 0 Å². The predicted octanol–water partition coefficient (Wildman–Crippen LogP) is 2.91. The smallest absolute Gasteiger partial charge is 0.257 e. The van der Waals surface area contributed by atoms with Crippen LogP contribution in [0.5, 0.6) is 5.75 Å². The van der Waals surface area contributed by atoms with Crippen molar-refractivity contribution in [3.05, 3.63) is 22.7 Å². The molecule has 0 aromatic heterocycles. The van der Waals surface area contributed by atoms with E-state index in [-0.39, 0.29) is 17.0 Å². The molecule has 1 fully saturated rings. The molecule has 1 N–H and O–H groups in total. The number of halogens is 1. The maximum Gasteiger partial charge on any atom is 0.257 e. The van der Waals surface area contributed by atoms with Crippen molar-refractivity contribution in [2.75, 3.05) is 7.11 Å². The maximum atomic E-state index is 12.7. The zero-order valence-electron chi connectivity index (χ0n) is 12.5. The average Bonchev–Trinajstić information content (AvgIpc) is 2.43. The van der Waals surface area contributed by atoms with E-state index in [9.17, 15) is 8.42 Å². The number of ether oxygens (including phenoxy) is 1. The molecule has 118 valence electrons. The molecule has 1 aliphatic rings. The minimum Gasteiger partial charge on any atom is -0.495 e. The minimum absolute atomic E-state index is 0.143. The van der Waals surface area contributed by atoms with E-state index < -0.39 is 10.0 Å². The standard InChI is InChI=1S/C14H21BrN2O3S/c1-10-5-4-6-11(2)17(10)16-21(18,19)14-9-12(15)7-8-13(14)20-3/h7-11,16H,4-6H2,1-3H3. The fraction of sp³-hybridized carbons (Fsp3) is 0.571. The van der Waals surface area contributed by atoms with Gasteiger partial charge in [-0.15, -0.1) is 4.83 Å². The molecule has 1 aromatic rings. The third kappa shape index (κ3) is 3.77. The Morgan fingerprint density at radius 1 is 1.29 bits per heavy atom. The van der Waals surface area contributed by atoms with Crippen LogP contribution >= 0.6 is 15.9 Å². The lowest BCUT2D eigenvalue weighted by Gasteiger charge is -2.38. The Labute approximate surface area is 134 Å². The highest BCUT2D eigenvalue weighted by molar-refractivity contribution is 9.10. The second-order valence-corrected chi connectivity index (χ2v) is 7.97. The van der Waals surface area contributed by atoms with Gasteiger partial charge in [-0.1, -0.05) is 22.4 Å². The summed E-state index contributed by atoms with van der Waals surface area (Å²) in [5.74, 6) is 0.336. The van der Waals surface area contributed by atoms with Crippen LogP contribution < -0.4 is 9.57 Å². The summed E-state index contributed by atoms with van der Waals surface area (Å²) in [7, 11) is -2.20. The fourth-order valence-corrected chi connectivity index (χ4v) is 4.60. The van der Waals surface area contributed by atoms with Crippen LogP contribution in [-0.2, 0) is 10.0 Å². The van der Waals surface area contributed by atoms with Crippen molar-refractivity contribution in [3.8, 4) is 5.75 Å². The Morgan fingerprint density at radius 2 is 1.90 bits per heavy atom. The second-order valence-electron chi connectivity index (χ2n) is 5.43. The van der Waals surface area contributed by atoms with Crippen LogP contribution in [0, 0.1) is 0 Å². The van der Waals surface area contributed by atoms with Crippen LogP contribution in [0.2, 0.25) is 0 Å². The van der Waals surface area contributed by atoms with Gasteiger partial charge < -0.3 is 4.74 Å². The van der Waals surface area contributed by atoms with Crippen LogP contribution in [0.15, 0.2) is 27.6 Å². The van der Waals surface area contributed by atoms with E-state index >= 15 is 0 Å². The number of sulfonamides is 1. The quantitative estimate of drug-likeness (QED) is 0.877. The fourth-order valence-electron chi connectivity index (χ4n) is 2.65. The maximum absolute atomic E-state index is 12.7. The van der Waals surface area contributed by atoms with Gasteiger partial charge in [0.1, 0.15) is 10.6 Å². The Morgan fingerprint density at radius 3 is 2.48 bits per heavy atom. The zero-order chi connectivity index (χ0) is 15.6. The highest BCUT2D eigenvalue weighted by Gasteiger charge is 2.30. The molecule has 0 aliphatic carbocycles. The first-order chi connectivity index (χ1) is 9.85. The van der Waals surface area contributed by atoms with Crippen LogP contribution in [-0.4, -0.2) is 32.6 Å². The van der Waals surface area contributed by atoms with Crippen molar-refractivity contribution in [1.82, 2.24) is 9.84 Å². The molecule has 0 amide bonds. The van der Waals surface area contributed by atoms with Crippen molar-refractivity contribution in [2.45, 2.75) is 50.1 Å². The molecule has 2 unspecified atom stereocenters. The summed E-state index contributed by atoms with van der Waals surface area (Å²) in [5.41, 5.74) is 0. The summed E-state index contributed by atoms with van der Waals surface area (Å²) in [5, 5.41) is 1.83. The van der Waals surface area contributed by atoms with E-state index in [1.807, 2.05) is 18.9 Å². The number of hydrogen-bond donors (Lipinski definition) is 1. The van der Waals surface area contributed by atoms with Crippen LogP contribution in [0.3, 0.4) is 0 Å². The number of rotatable bonds is 4. The lowest BCUT2D eigenvalue weighted by Crippen LogP contribution is -2.53. The Bertz CT molecular complexity index is 596. The van der Waals surface area contributed by atoms with Crippen LogP contribution in [0.1, 0.15) is 33.1 Å². The molecular formula is C14H21BrN2O3S. The molecule has 21 heavy (non-hydrogen) atoms.